The number of piperidine rings is 1. The van der Waals surface area contributed by atoms with Crippen LogP contribution in [0.4, 0.5) is 5.69 Å². The molecule has 4 rings (SSSR count). The number of benzene rings is 1. The quantitative estimate of drug-likeness (QED) is 0.645. The molecule has 4 N–H and O–H groups in total. The van der Waals surface area contributed by atoms with Crippen LogP contribution in [0.1, 0.15) is 65.7 Å². The number of nitrogens with one attached hydrogen (secondary N) is 2. The lowest BCUT2D eigenvalue weighted by molar-refractivity contribution is -0.136. The number of rotatable bonds is 5. The van der Waals surface area contributed by atoms with Crippen LogP contribution in [0.15, 0.2) is 18.2 Å². The molecule has 1 saturated heterocycles. The van der Waals surface area contributed by atoms with Gasteiger partial charge in [-0.05, 0) is 43.4 Å². The highest BCUT2D eigenvalue weighted by Gasteiger charge is 2.44. The minimum absolute atomic E-state index is 0.107. The van der Waals surface area contributed by atoms with Crippen LogP contribution in [-0.2, 0) is 9.59 Å². The molecule has 8 nitrogen and oxygen atoms in total. The summed E-state index contributed by atoms with van der Waals surface area (Å²) in [6.45, 7) is 0.497. The van der Waals surface area contributed by atoms with Crippen LogP contribution in [-0.4, -0.2) is 47.2 Å². The molecule has 1 saturated carbocycles. The topological polar surface area (TPSA) is 122 Å². The Balaban J connectivity index is 1.53. The number of fused-ring (bicyclic) bond motifs is 1. The van der Waals surface area contributed by atoms with Gasteiger partial charge in [-0.25, -0.2) is 0 Å². The number of nitrogens with zero attached hydrogens (tertiary/aromatic N) is 1. The predicted octanol–water partition coefficient (Wildman–Crippen LogP) is 1.41. The molecule has 8 heteroatoms. The highest BCUT2D eigenvalue weighted by atomic mass is 16.2. The molecule has 1 aliphatic carbocycles. The molecule has 0 radical (unpaired) electrons. The number of hydrogen-bond acceptors (Lipinski definition) is 6. The average molecular weight is 398 g/mol. The number of hydrogen-bond donors (Lipinski definition) is 3. The summed E-state index contributed by atoms with van der Waals surface area (Å²) in [5.41, 5.74) is 7.31. The zero-order chi connectivity index (χ0) is 20.5. The van der Waals surface area contributed by atoms with E-state index >= 15 is 0 Å². The van der Waals surface area contributed by atoms with Crippen LogP contribution in [0.2, 0.25) is 0 Å². The minimum Gasteiger partial charge on any atom is -0.381 e. The Morgan fingerprint density at radius 3 is 2.45 bits per heavy atom. The molecule has 2 aliphatic heterocycles. The Labute approximate surface area is 169 Å². The predicted molar refractivity (Wildman–Crippen MR) is 106 cm³/mol. The first-order valence-corrected chi connectivity index (χ1v) is 10.3. The molecule has 3 aliphatic rings. The van der Waals surface area contributed by atoms with Crippen LogP contribution >= 0.6 is 0 Å². The highest BCUT2D eigenvalue weighted by Crippen LogP contribution is 2.31. The van der Waals surface area contributed by atoms with E-state index in [1.807, 2.05) is 0 Å². The second-order valence-electron chi connectivity index (χ2n) is 8.09. The Hall–Kier alpha value is -2.74. The third-order valence-corrected chi connectivity index (χ3v) is 6.26. The first kappa shape index (κ1) is 19.6. The number of amides is 4. The van der Waals surface area contributed by atoms with Gasteiger partial charge in [-0.2, -0.15) is 0 Å². The molecule has 2 unspecified atom stereocenters. The largest absolute Gasteiger partial charge is 0.381 e. The van der Waals surface area contributed by atoms with E-state index in [4.69, 9.17) is 5.73 Å². The fraction of sp³-hybridized carbons (Fsp3) is 0.524. The maximum Gasteiger partial charge on any atom is 0.262 e. The van der Waals surface area contributed by atoms with Gasteiger partial charge >= 0.3 is 0 Å². The fourth-order valence-corrected chi connectivity index (χ4v) is 4.68. The molecule has 1 aromatic carbocycles. The van der Waals surface area contributed by atoms with Gasteiger partial charge in [0.25, 0.3) is 11.8 Å². The minimum atomic E-state index is -0.949. The molecule has 2 atom stereocenters. The number of imide groups is 2. The summed E-state index contributed by atoms with van der Waals surface area (Å²) in [5, 5.41) is 5.65. The summed E-state index contributed by atoms with van der Waals surface area (Å²) < 4.78 is 0. The summed E-state index contributed by atoms with van der Waals surface area (Å²) in [5.74, 6) is -1.47. The van der Waals surface area contributed by atoms with Crippen molar-refractivity contribution in [1.29, 1.82) is 0 Å². The van der Waals surface area contributed by atoms with Gasteiger partial charge in [0.05, 0.1) is 11.1 Å². The number of carbonyl (C=O) groups excluding carboxylic acids is 4. The molecule has 0 bridgehead atoms. The molecule has 0 aromatic heterocycles. The van der Waals surface area contributed by atoms with Crippen LogP contribution in [0.5, 0.6) is 0 Å². The molecular formula is C21H26N4O4. The van der Waals surface area contributed by atoms with E-state index in [-0.39, 0.29) is 35.9 Å². The van der Waals surface area contributed by atoms with E-state index in [1.54, 1.807) is 18.2 Å². The summed E-state index contributed by atoms with van der Waals surface area (Å²) in [4.78, 5) is 50.2. The van der Waals surface area contributed by atoms with E-state index in [0.717, 1.165) is 23.4 Å². The molecule has 29 heavy (non-hydrogen) atoms. The van der Waals surface area contributed by atoms with Crippen molar-refractivity contribution in [2.45, 2.75) is 57.0 Å². The SMILES string of the molecule is NCC(Nc1ccc2c(c1)C(=O)N(C1CCC(=O)NC1=O)C2=O)C1CCCCC1. The second kappa shape index (κ2) is 7.94. The van der Waals surface area contributed by atoms with Crippen LogP contribution in [0.3, 0.4) is 0 Å². The lowest BCUT2D eigenvalue weighted by Gasteiger charge is -2.30. The Bertz CT molecular complexity index is 862. The summed E-state index contributed by atoms with van der Waals surface area (Å²) in [7, 11) is 0. The van der Waals surface area contributed by atoms with Gasteiger partial charge in [0.1, 0.15) is 6.04 Å². The van der Waals surface area contributed by atoms with Crippen molar-refractivity contribution in [3.63, 3.8) is 0 Å². The lowest BCUT2D eigenvalue weighted by atomic mass is 9.84. The van der Waals surface area contributed by atoms with Gasteiger partial charge in [0.2, 0.25) is 11.8 Å². The Morgan fingerprint density at radius 2 is 1.76 bits per heavy atom. The Kier molecular flexibility index (Phi) is 5.36. The molecule has 154 valence electrons. The smallest absolute Gasteiger partial charge is 0.262 e. The summed E-state index contributed by atoms with van der Waals surface area (Å²) >= 11 is 0. The van der Waals surface area contributed by atoms with Gasteiger partial charge in [-0.3, -0.25) is 29.4 Å². The zero-order valence-electron chi connectivity index (χ0n) is 16.3. The van der Waals surface area contributed by atoms with E-state index in [2.05, 4.69) is 10.6 Å². The van der Waals surface area contributed by atoms with Crippen LogP contribution in [0, 0.1) is 5.92 Å². The lowest BCUT2D eigenvalue weighted by Crippen LogP contribution is -2.54. The van der Waals surface area contributed by atoms with E-state index in [9.17, 15) is 19.2 Å². The van der Waals surface area contributed by atoms with Crippen molar-refractivity contribution < 1.29 is 19.2 Å². The Morgan fingerprint density at radius 1 is 1.03 bits per heavy atom. The van der Waals surface area contributed by atoms with Gasteiger partial charge in [-0.1, -0.05) is 19.3 Å². The number of carbonyl (C=O) groups is 4. The van der Waals surface area contributed by atoms with Crippen LogP contribution < -0.4 is 16.4 Å². The average Bonchev–Trinajstić information content (AvgIpc) is 2.97. The third kappa shape index (κ3) is 3.64. The van der Waals surface area contributed by atoms with E-state index in [0.29, 0.717) is 12.5 Å². The first-order chi connectivity index (χ1) is 14.0. The molecule has 4 amide bonds. The molecule has 1 aromatic rings. The van der Waals surface area contributed by atoms with Gasteiger partial charge in [0.15, 0.2) is 0 Å². The monoisotopic (exact) mass is 398 g/mol. The van der Waals surface area contributed by atoms with Gasteiger partial charge in [-0.15, -0.1) is 0 Å². The van der Waals surface area contributed by atoms with Gasteiger partial charge in [0, 0.05) is 24.7 Å². The maximum absolute atomic E-state index is 12.9. The third-order valence-electron chi connectivity index (χ3n) is 6.26. The van der Waals surface area contributed by atoms with Gasteiger partial charge < -0.3 is 11.1 Å². The normalized spacial score (nSPS) is 23.8. The fourth-order valence-electron chi connectivity index (χ4n) is 4.68. The van der Waals surface area contributed by atoms with E-state index < -0.39 is 23.8 Å². The van der Waals surface area contributed by atoms with Crippen molar-refractivity contribution >= 4 is 29.3 Å². The van der Waals surface area contributed by atoms with Crippen molar-refractivity contribution in [3.05, 3.63) is 29.3 Å². The number of nitrogens with two attached hydrogens (primary N) is 1. The van der Waals surface area contributed by atoms with Crippen molar-refractivity contribution in [1.82, 2.24) is 10.2 Å². The highest BCUT2D eigenvalue weighted by molar-refractivity contribution is 6.23. The van der Waals surface area contributed by atoms with Crippen molar-refractivity contribution in [3.8, 4) is 0 Å². The molecular weight excluding hydrogens is 372 g/mol. The summed E-state index contributed by atoms with van der Waals surface area (Å²) in [6, 6.07) is 4.25. The summed E-state index contributed by atoms with van der Waals surface area (Å²) in [6.07, 6.45) is 6.22. The van der Waals surface area contributed by atoms with Crippen LogP contribution in [0.25, 0.3) is 0 Å². The molecule has 2 heterocycles. The van der Waals surface area contributed by atoms with Crippen molar-refractivity contribution in [2.75, 3.05) is 11.9 Å². The number of anilines is 1. The first-order valence-electron chi connectivity index (χ1n) is 10.3. The maximum atomic E-state index is 12.9. The molecule has 0 spiro atoms. The standard InChI is InChI=1S/C21H26N4O4/c22-11-16(12-4-2-1-3-5-12)23-13-6-7-14-15(10-13)21(29)25(20(14)28)17-8-9-18(26)24-19(17)27/h6-7,10,12,16-17,23H,1-5,8-9,11,22H2,(H,24,26,27). The molecule has 2 fully saturated rings. The van der Waals surface area contributed by atoms with E-state index in [1.165, 1.54) is 19.3 Å². The second-order valence-corrected chi connectivity index (χ2v) is 8.09. The van der Waals surface area contributed by atoms with Crippen molar-refractivity contribution in [2.24, 2.45) is 11.7 Å². The zero-order valence-corrected chi connectivity index (χ0v) is 16.3.